The number of benzene rings is 3. The molecule has 33 heavy (non-hydrogen) atoms. The Morgan fingerprint density at radius 2 is 1.70 bits per heavy atom. The van der Waals surface area contributed by atoms with E-state index in [1.807, 2.05) is 66.7 Å². The topological polar surface area (TPSA) is 67.8 Å². The summed E-state index contributed by atoms with van der Waals surface area (Å²) in [5.74, 6) is 1.70. The van der Waals surface area contributed by atoms with Crippen molar-refractivity contribution in [3.8, 4) is 17.2 Å². The van der Waals surface area contributed by atoms with Gasteiger partial charge in [0.25, 0.3) is 0 Å². The zero-order valence-corrected chi connectivity index (χ0v) is 19.6. The Morgan fingerprint density at radius 1 is 0.970 bits per heavy atom. The van der Waals surface area contributed by atoms with E-state index in [1.54, 1.807) is 13.8 Å². The lowest BCUT2D eigenvalue weighted by molar-refractivity contribution is -0.142. The number of hydrogen-bond donors (Lipinski definition) is 2. The van der Waals surface area contributed by atoms with Crippen LogP contribution in [0.25, 0.3) is 0 Å². The number of nitrogens with one attached hydrogen (secondary N) is 1. The Bertz CT molecular complexity index is 1030. The standard InChI is InChI=1S/C28H33NO4/c1-4-9-21-20-25(33-24-10-6-5-7-11-24)16-17-26(21)32-19-8-18-29-23-14-12-22(13-15-23)28(2,3)27(30)31/h5-7,10-17,20,29H,4,8-9,18-19H2,1-3H3,(H,30,31). The van der Waals surface area contributed by atoms with Crippen molar-refractivity contribution < 1.29 is 19.4 Å². The number of carbonyl (C=O) groups is 1. The molecule has 0 aliphatic rings. The number of ether oxygens (including phenoxy) is 2. The van der Waals surface area contributed by atoms with Gasteiger partial charge >= 0.3 is 5.97 Å². The molecular formula is C28H33NO4. The van der Waals surface area contributed by atoms with Crippen LogP contribution < -0.4 is 14.8 Å². The van der Waals surface area contributed by atoms with Gasteiger partial charge in [-0.15, -0.1) is 0 Å². The van der Waals surface area contributed by atoms with Crippen LogP contribution in [0.3, 0.4) is 0 Å². The van der Waals surface area contributed by atoms with E-state index in [1.165, 1.54) is 0 Å². The second-order valence-electron chi connectivity index (χ2n) is 8.57. The van der Waals surface area contributed by atoms with Crippen LogP contribution in [0.15, 0.2) is 72.8 Å². The predicted octanol–water partition coefficient (Wildman–Crippen LogP) is 6.67. The predicted molar refractivity (Wildman–Crippen MR) is 133 cm³/mol. The molecule has 0 saturated heterocycles. The van der Waals surface area contributed by atoms with Gasteiger partial charge in [-0.3, -0.25) is 4.79 Å². The van der Waals surface area contributed by atoms with Crippen LogP contribution in [-0.4, -0.2) is 24.2 Å². The third-order valence-corrected chi connectivity index (χ3v) is 5.58. The molecule has 0 spiro atoms. The summed E-state index contributed by atoms with van der Waals surface area (Å²) >= 11 is 0. The molecule has 0 fully saturated rings. The molecule has 0 unspecified atom stereocenters. The zero-order chi connectivity index (χ0) is 23.7. The van der Waals surface area contributed by atoms with Gasteiger partial charge in [-0.05, 0) is 80.3 Å². The van der Waals surface area contributed by atoms with Crippen LogP contribution in [-0.2, 0) is 16.6 Å². The minimum absolute atomic E-state index is 0.604. The molecular weight excluding hydrogens is 414 g/mol. The van der Waals surface area contributed by atoms with Crippen molar-refractivity contribution in [2.45, 2.75) is 45.4 Å². The molecule has 0 radical (unpaired) electrons. The van der Waals surface area contributed by atoms with Gasteiger partial charge in [0.05, 0.1) is 12.0 Å². The molecule has 3 aromatic rings. The van der Waals surface area contributed by atoms with Gasteiger partial charge in [0, 0.05) is 12.2 Å². The van der Waals surface area contributed by atoms with Gasteiger partial charge in [-0.1, -0.05) is 43.7 Å². The van der Waals surface area contributed by atoms with Crippen LogP contribution >= 0.6 is 0 Å². The Balaban J connectivity index is 1.49. The van der Waals surface area contributed by atoms with Crippen molar-refractivity contribution in [3.63, 3.8) is 0 Å². The summed E-state index contributed by atoms with van der Waals surface area (Å²) in [5, 5.41) is 12.7. The van der Waals surface area contributed by atoms with E-state index in [0.29, 0.717) is 6.61 Å². The van der Waals surface area contributed by atoms with Gasteiger partial charge < -0.3 is 19.9 Å². The number of hydrogen-bond acceptors (Lipinski definition) is 4. The molecule has 3 aromatic carbocycles. The van der Waals surface area contributed by atoms with E-state index < -0.39 is 11.4 Å². The van der Waals surface area contributed by atoms with E-state index in [4.69, 9.17) is 9.47 Å². The van der Waals surface area contributed by atoms with Gasteiger partial charge in [0.15, 0.2) is 0 Å². The molecule has 5 heteroatoms. The van der Waals surface area contributed by atoms with E-state index in [-0.39, 0.29) is 0 Å². The molecule has 2 N–H and O–H groups in total. The van der Waals surface area contributed by atoms with E-state index in [2.05, 4.69) is 18.3 Å². The maximum Gasteiger partial charge on any atom is 0.313 e. The number of aryl methyl sites for hydroxylation is 1. The first-order chi connectivity index (χ1) is 15.9. The Morgan fingerprint density at radius 3 is 2.36 bits per heavy atom. The highest BCUT2D eigenvalue weighted by Gasteiger charge is 2.29. The lowest BCUT2D eigenvalue weighted by Gasteiger charge is -2.20. The number of anilines is 1. The maximum absolute atomic E-state index is 11.4. The summed E-state index contributed by atoms with van der Waals surface area (Å²) in [6.07, 6.45) is 2.80. The monoisotopic (exact) mass is 447 g/mol. The van der Waals surface area contributed by atoms with Crippen LogP contribution in [0.1, 0.15) is 44.7 Å². The van der Waals surface area contributed by atoms with Crippen LogP contribution in [0.4, 0.5) is 5.69 Å². The van der Waals surface area contributed by atoms with E-state index in [0.717, 1.165) is 59.9 Å². The van der Waals surface area contributed by atoms with Crippen molar-refractivity contribution in [1.29, 1.82) is 0 Å². The van der Waals surface area contributed by atoms with Gasteiger partial charge in [0.2, 0.25) is 0 Å². The highest BCUT2D eigenvalue weighted by Crippen LogP contribution is 2.29. The molecule has 0 saturated carbocycles. The first-order valence-corrected chi connectivity index (χ1v) is 11.5. The smallest absolute Gasteiger partial charge is 0.313 e. The first kappa shape index (κ1) is 24.2. The number of carboxylic acid groups (broad SMARTS) is 1. The molecule has 0 amide bonds. The molecule has 0 aliphatic heterocycles. The highest BCUT2D eigenvalue weighted by atomic mass is 16.5. The quantitative estimate of drug-likeness (QED) is 0.303. The van der Waals surface area contributed by atoms with Crippen molar-refractivity contribution in [2.24, 2.45) is 0 Å². The average molecular weight is 448 g/mol. The Hall–Kier alpha value is -3.47. The third-order valence-electron chi connectivity index (χ3n) is 5.58. The maximum atomic E-state index is 11.4. The average Bonchev–Trinajstić information content (AvgIpc) is 2.81. The highest BCUT2D eigenvalue weighted by molar-refractivity contribution is 5.80. The first-order valence-electron chi connectivity index (χ1n) is 11.5. The van der Waals surface area contributed by atoms with Crippen LogP contribution in [0, 0.1) is 0 Å². The molecule has 174 valence electrons. The van der Waals surface area contributed by atoms with Crippen molar-refractivity contribution in [1.82, 2.24) is 0 Å². The lowest BCUT2D eigenvalue weighted by Crippen LogP contribution is -2.28. The minimum Gasteiger partial charge on any atom is -0.493 e. The Kier molecular flexibility index (Phi) is 8.36. The number of aliphatic carboxylic acids is 1. The fourth-order valence-corrected chi connectivity index (χ4v) is 3.46. The minimum atomic E-state index is -0.899. The van der Waals surface area contributed by atoms with Gasteiger partial charge in [-0.25, -0.2) is 0 Å². The molecule has 0 heterocycles. The largest absolute Gasteiger partial charge is 0.493 e. The van der Waals surface area contributed by atoms with E-state index in [9.17, 15) is 9.90 Å². The third kappa shape index (κ3) is 6.75. The second kappa shape index (κ2) is 11.4. The van der Waals surface area contributed by atoms with Crippen LogP contribution in [0.5, 0.6) is 17.2 Å². The number of rotatable bonds is 12. The summed E-state index contributed by atoms with van der Waals surface area (Å²) in [6, 6.07) is 23.3. The van der Waals surface area contributed by atoms with Crippen LogP contribution in [0.2, 0.25) is 0 Å². The molecule has 0 atom stereocenters. The second-order valence-corrected chi connectivity index (χ2v) is 8.57. The Labute approximate surface area is 196 Å². The summed E-state index contributed by atoms with van der Waals surface area (Å²) in [6.45, 7) is 6.94. The molecule has 0 aromatic heterocycles. The molecule has 0 bridgehead atoms. The summed E-state index contributed by atoms with van der Waals surface area (Å²) in [5.41, 5.74) is 2.00. The molecule has 3 rings (SSSR count). The summed E-state index contributed by atoms with van der Waals surface area (Å²) in [7, 11) is 0. The van der Waals surface area contributed by atoms with Crippen molar-refractivity contribution >= 4 is 11.7 Å². The fraction of sp³-hybridized carbons (Fsp3) is 0.321. The molecule has 5 nitrogen and oxygen atoms in total. The number of carboxylic acids is 1. The zero-order valence-electron chi connectivity index (χ0n) is 19.6. The fourth-order valence-electron chi connectivity index (χ4n) is 3.46. The van der Waals surface area contributed by atoms with Gasteiger partial charge in [-0.2, -0.15) is 0 Å². The van der Waals surface area contributed by atoms with Gasteiger partial charge in [0.1, 0.15) is 17.2 Å². The SMILES string of the molecule is CCCc1cc(Oc2ccccc2)ccc1OCCCNc1ccc(C(C)(C)C(=O)O)cc1. The number of para-hydroxylation sites is 1. The van der Waals surface area contributed by atoms with Crippen molar-refractivity contribution in [2.75, 3.05) is 18.5 Å². The lowest BCUT2D eigenvalue weighted by atomic mass is 9.85. The summed E-state index contributed by atoms with van der Waals surface area (Å²) in [4.78, 5) is 11.4. The van der Waals surface area contributed by atoms with Crippen molar-refractivity contribution in [3.05, 3.63) is 83.9 Å². The normalized spacial score (nSPS) is 11.1. The summed E-state index contributed by atoms with van der Waals surface area (Å²) < 4.78 is 12.0. The molecule has 0 aliphatic carbocycles. The van der Waals surface area contributed by atoms with E-state index >= 15 is 0 Å².